The lowest BCUT2D eigenvalue weighted by Gasteiger charge is -2.35. The molecule has 4 aliphatic rings. The first-order valence-electron chi connectivity index (χ1n) is 14.3. The molecule has 0 spiro atoms. The average Bonchev–Trinajstić information content (AvgIpc) is 3.37. The summed E-state index contributed by atoms with van der Waals surface area (Å²) in [7, 11) is 0. The van der Waals surface area contributed by atoms with E-state index in [1.807, 2.05) is 30.3 Å². The number of hydrogen-bond acceptors (Lipinski definition) is 4. The van der Waals surface area contributed by atoms with E-state index in [1.165, 1.54) is 32.7 Å². The van der Waals surface area contributed by atoms with Crippen molar-refractivity contribution in [3.05, 3.63) is 109 Å². The third-order valence-corrected chi connectivity index (χ3v) is 9.39. The van der Waals surface area contributed by atoms with Gasteiger partial charge in [-0.15, -0.1) is 0 Å². The molecule has 7 heteroatoms. The second-order valence-electron chi connectivity index (χ2n) is 11.4. The number of para-hydroxylation sites is 3. The molecule has 0 radical (unpaired) electrons. The molecule has 0 amide bonds. The van der Waals surface area contributed by atoms with Gasteiger partial charge in [0, 0.05) is 27.4 Å². The van der Waals surface area contributed by atoms with Crippen LogP contribution < -0.4 is 47.1 Å². The van der Waals surface area contributed by atoms with Crippen molar-refractivity contribution in [3.8, 4) is 40.3 Å². The molecule has 0 aliphatic carbocycles. The summed E-state index contributed by atoms with van der Waals surface area (Å²) in [5.74, 6) is 4.72. The predicted octanol–water partition coefficient (Wildman–Crippen LogP) is 3.84. The van der Waals surface area contributed by atoms with Gasteiger partial charge in [0.1, 0.15) is 28.7 Å². The van der Waals surface area contributed by atoms with Gasteiger partial charge in [-0.3, -0.25) is 0 Å². The molecule has 5 nitrogen and oxygen atoms in total. The minimum atomic E-state index is -0.108. The van der Waals surface area contributed by atoms with Crippen LogP contribution in [0.3, 0.4) is 0 Å². The van der Waals surface area contributed by atoms with E-state index in [2.05, 4.69) is 83.4 Å². The van der Waals surface area contributed by atoms with Crippen LogP contribution in [0.25, 0.3) is 27.5 Å². The highest BCUT2D eigenvalue weighted by molar-refractivity contribution is 7.00. The van der Waals surface area contributed by atoms with E-state index in [1.54, 1.807) is 0 Å². The fraction of sp³-hybridized carbons (Fsp3) is 0. The maximum atomic E-state index is 6.70. The molecule has 0 bridgehead atoms. The van der Waals surface area contributed by atoms with Gasteiger partial charge >= 0.3 is 0 Å². The van der Waals surface area contributed by atoms with E-state index in [0.29, 0.717) is 5.88 Å². The first-order valence-corrected chi connectivity index (χ1v) is 14.3. The molecule has 42 heavy (non-hydrogen) atoms. The molecule has 0 saturated carbocycles. The predicted molar refractivity (Wildman–Crippen MR) is 167 cm³/mol. The molecule has 0 fully saturated rings. The smallest absolute Gasteiger partial charge is 0.284 e. The summed E-state index contributed by atoms with van der Waals surface area (Å²) in [6.07, 6.45) is 0. The summed E-state index contributed by atoms with van der Waals surface area (Å²) >= 11 is 0. The quantitative estimate of drug-likeness (QED) is 0.277. The van der Waals surface area contributed by atoms with Gasteiger partial charge in [-0.05, 0) is 64.3 Å². The molecule has 0 atom stereocenters. The van der Waals surface area contributed by atoms with E-state index in [0.717, 1.165) is 56.4 Å². The summed E-state index contributed by atoms with van der Waals surface area (Å²) < 4.78 is 22.0. The Labute approximate surface area is 241 Å². The fourth-order valence-electron chi connectivity index (χ4n) is 7.78. The lowest BCUT2D eigenvalue weighted by molar-refractivity contribution is 0.452. The highest BCUT2D eigenvalue weighted by Crippen LogP contribution is 2.38. The van der Waals surface area contributed by atoms with Crippen molar-refractivity contribution in [1.82, 2.24) is 9.55 Å². The van der Waals surface area contributed by atoms with Gasteiger partial charge in [0.2, 0.25) is 5.88 Å². The molecule has 4 aliphatic heterocycles. The van der Waals surface area contributed by atoms with Crippen molar-refractivity contribution >= 4 is 68.1 Å². The van der Waals surface area contributed by atoms with Crippen LogP contribution in [0.15, 0.2) is 109 Å². The Hall–Kier alpha value is -5.42. The van der Waals surface area contributed by atoms with Crippen molar-refractivity contribution in [2.24, 2.45) is 0 Å². The summed E-state index contributed by atoms with van der Waals surface area (Å²) in [6.45, 7) is -0.139. The number of benzene rings is 5. The number of rotatable bonds is 0. The van der Waals surface area contributed by atoms with Crippen LogP contribution in [-0.2, 0) is 0 Å². The zero-order valence-electron chi connectivity index (χ0n) is 22.2. The molecule has 11 rings (SSSR count). The summed E-state index contributed by atoms with van der Waals surface area (Å²) in [4.78, 5) is 5.28. The number of nitrogens with zero attached hydrogens (tertiary/aromatic N) is 2. The van der Waals surface area contributed by atoms with E-state index >= 15 is 0 Å². The summed E-state index contributed by atoms with van der Waals surface area (Å²) in [6, 6.07) is 38.1. The van der Waals surface area contributed by atoms with Crippen LogP contribution in [0.4, 0.5) is 0 Å². The van der Waals surface area contributed by atoms with Gasteiger partial charge in [0.15, 0.2) is 0 Å². The fourth-order valence-corrected chi connectivity index (χ4v) is 7.78. The Kier molecular flexibility index (Phi) is 3.69. The number of fused-ring (bicyclic) bond motifs is 11. The topological polar surface area (TPSA) is 45.5 Å². The Morgan fingerprint density at radius 3 is 2.14 bits per heavy atom. The highest BCUT2D eigenvalue weighted by Gasteiger charge is 2.45. The molecule has 0 saturated heterocycles. The van der Waals surface area contributed by atoms with Crippen LogP contribution in [0, 0.1) is 0 Å². The second kappa shape index (κ2) is 7.25. The van der Waals surface area contributed by atoms with Gasteiger partial charge in [-0.1, -0.05) is 66.7 Å². The lowest BCUT2D eigenvalue weighted by Crippen LogP contribution is -2.61. The maximum absolute atomic E-state index is 6.70. The van der Waals surface area contributed by atoms with Gasteiger partial charge < -0.3 is 18.8 Å². The van der Waals surface area contributed by atoms with Crippen LogP contribution in [-0.4, -0.2) is 23.0 Å². The molecule has 2 aromatic heterocycles. The Balaban J connectivity index is 1.21. The van der Waals surface area contributed by atoms with Crippen molar-refractivity contribution in [3.63, 3.8) is 0 Å². The molecular weight excluding hydrogens is 518 g/mol. The third-order valence-electron chi connectivity index (χ3n) is 9.39. The summed E-state index contributed by atoms with van der Waals surface area (Å²) in [5.41, 5.74) is 10.0. The van der Waals surface area contributed by atoms with E-state index < -0.39 is 0 Å². The first-order chi connectivity index (χ1) is 20.8. The molecule has 5 aromatic carbocycles. The molecule has 0 N–H and O–H groups in total. The number of ether oxygens (including phenoxy) is 3. The molecule has 6 heterocycles. The average molecular weight is 536 g/mol. The first kappa shape index (κ1) is 21.3. The van der Waals surface area contributed by atoms with Crippen LogP contribution in [0.2, 0.25) is 0 Å². The SMILES string of the molecule is c1ccc2c(c1)Oc1cccc3c1B2c1nc2c(cc1O3)B1c3c(cccc3-n3c4ccccc4c4cccc1c43)O2. The molecule has 192 valence electrons. The van der Waals surface area contributed by atoms with Crippen molar-refractivity contribution in [2.75, 3.05) is 0 Å². The van der Waals surface area contributed by atoms with E-state index in [4.69, 9.17) is 19.2 Å². The van der Waals surface area contributed by atoms with Crippen molar-refractivity contribution in [2.45, 2.75) is 0 Å². The number of aromatic nitrogens is 2. The van der Waals surface area contributed by atoms with E-state index in [-0.39, 0.29) is 13.4 Å². The standard InChI is InChI=1S/C35H18B2N2O3/c1-3-12-24-19(8-1)20-9-5-11-22-33(20)39(24)25-13-6-15-27-31(25)36(22)23-18-30-34(38-35(23)42-27)37-21-10-2-4-14-26(21)40-28-16-7-17-29(41-30)32(28)37/h1-18H. The Morgan fingerprint density at radius 1 is 0.524 bits per heavy atom. The van der Waals surface area contributed by atoms with Gasteiger partial charge in [0.25, 0.3) is 13.4 Å². The Morgan fingerprint density at radius 2 is 1.21 bits per heavy atom. The van der Waals surface area contributed by atoms with Crippen molar-refractivity contribution < 1.29 is 14.2 Å². The van der Waals surface area contributed by atoms with Gasteiger partial charge in [-0.2, -0.15) is 0 Å². The summed E-state index contributed by atoms with van der Waals surface area (Å²) in [5, 5.41) is 2.51. The zero-order valence-corrected chi connectivity index (χ0v) is 22.2. The Bertz CT molecular complexity index is 2380. The van der Waals surface area contributed by atoms with Gasteiger partial charge in [-0.25, -0.2) is 4.98 Å². The maximum Gasteiger partial charge on any atom is 0.284 e. The number of hydrogen-bond donors (Lipinski definition) is 0. The van der Waals surface area contributed by atoms with Crippen LogP contribution >= 0.6 is 0 Å². The lowest BCUT2D eigenvalue weighted by atomic mass is 9.33. The number of pyridine rings is 1. The normalized spacial score (nSPS) is 14.2. The van der Waals surface area contributed by atoms with Crippen molar-refractivity contribution in [1.29, 1.82) is 0 Å². The van der Waals surface area contributed by atoms with E-state index in [9.17, 15) is 0 Å². The van der Waals surface area contributed by atoms with Crippen LogP contribution in [0.5, 0.6) is 34.6 Å². The molecule has 7 aromatic rings. The highest BCUT2D eigenvalue weighted by atomic mass is 16.5. The van der Waals surface area contributed by atoms with Crippen LogP contribution in [0.1, 0.15) is 0 Å². The molecule has 0 unspecified atom stereocenters. The monoisotopic (exact) mass is 536 g/mol. The zero-order chi connectivity index (χ0) is 27.1. The minimum absolute atomic E-state index is 0.0310. The largest absolute Gasteiger partial charge is 0.458 e. The molecular formula is C35H18B2N2O3. The minimum Gasteiger partial charge on any atom is -0.458 e. The third kappa shape index (κ3) is 2.43. The van der Waals surface area contributed by atoms with Gasteiger partial charge in [0.05, 0.1) is 11.1 Å². The second-order valence-corrected chi connectivity index (χ2v) is 11.4.